The molecule has 1 saturated carbocycles. The number of halogens is 1. The number of nitrogens with one attached hydrogen (secondary N) is 2. The fourth-order valence-electron chi connectivity index (χ4n) is 4.55. The summed E-state index contributed by atoms with van der Waals surface area (Å²) in [6, 6.07) is 0. The van der Waals surface area contributed by atoms with Crippen molar-refractivity contribution in [3.63, 3.8) is 0 Å². The normalized spacial score (nSPS) is 26.7. The Morgan fingerprint density at radius 2 is 1.80 bits per heavy atom. The van der Waals surface area contributed by atoms with Gasteiger partial charge in [-0.1, -0.05) is 12.2 Å². The van der Waals surface area contributed by atoms with Crippen molar-refractivity contribution in [2.45, 2.75) is 13.0 Å². The van der Waals surface area contributed by atoms with E-state index in [4.69, 9.17) is 0 Å². The van der Waals surface area contributed by atoms with E-state index in [9.17, 15) is 19.7 Å². The SMILES string of the molecule is CN=C(NCCN1C(=O)C2C3C=CC(C3)C2C1=O)NCCn1cc([N+](=O)[O-])cn1.I. The van der Waals surface area contributed by atoms with Crippen LogP contribution in [0.4, 0.5) is 5.69 Å². The van der Waals surface area contributed by atoms with Crippen molar-refractivity contribution in [3.8, 4) is 0 Å². The lowest BCUT2D eigenvalue weighted by molar-refractivity contribution is -0.385. The maximum atomic E-state index is 12.7. The number of nitrogens with zero attached hydrogens (tertiary/aromatic N) is 5. The number of guanidine groups is 1. The van der Waals surface area contributed by atoms with Crippen molar-refractivity contribution in [3.05, 3.63) is 34.7 Å². The van der Waals surface area contributed by atoms with Gasteiger partial charge in [0.05, 0.1) is 23.3 Å². The van der Waals surface area contributed by atoms with E-state index in [1.54, 1.807) is 7.05 Å². The van der Waals surface area contributed by atoms with E-state index in [2.05, 4.69) is 32.9 Å². The van der Waals surface area contributed by atoms with Crippen LogP contribution in [0.15, 0.2) is 29.5 Å². The number of fused-ring (bicyclic) bond motifs is 5. The number of imide groups is 1. The Kier molecular flexibility index (Phi) is 6.73. The van der Waals surface area contributed by atoms with Crippen molar-refractivity contribution in [2.75, 3.05) is 26.7 Å². The highest BCUT2D eigenvalue weighted by Gasteiger charge is 2.58. The van der Waals surface area contributed by atoms with Gasteiger partial charge >= 0.3 is 5.69 Å². The third-order valence-corrected chi connectivity index (χ3v) is 5.88. The predicted molar refractivity (Wildman–Crippen MR) is 118 cm³/mol. The lowest BCUT2D eigenvalue weighted by atomic mass is 9.85. The van der Waals surface area contributed by atoms with Crippen LogP contribution >= 0.6 is 24.0 Å². The molecule has 2 aliphatic carbocycles. The van der Waals surface area contributed by atoms with Gasteiger partial charge in [-0.25, -0.2) is 0 Å². The van der Waals surface area contributed by atoms with Gasteiger partial charge in [-0.2, -0.15) is 5.10 Å². The van der Waals surface area contributed by atoms with E-state index in [-0.39, 0.29) is 65.2 Å². The summed E-state index contributed by atoms with van der Waals surface area (Å²) in [5.74, 6) is 0.497. The molecule has 1 aromatic rings. The van der Waals surface area contributed by atoms with Crippen molar-refractivity contribution in [1.82, 2.24) is 25.3 Å². The number of aliphatic imine (C=N–C) groups is 1. The number of hydrogen-bond acceptors (Lipinski definition) is 6. The number of carbonyl (C=O) groups excluding carboxylic acids is 2. The molecule has 2 amide bonds. The molecule has 1 saturated heterocycles. The average Bonchev–Trinajstić information content (AvgIpc) is 3.47. The summed E-state index contributed by atoms with van der Waals surface area (Å²) >= 11 is 0. The quantitative estimate of drug-likeness (QED) is 0.0992. The molecule has 30 heavy (non-hydrogen) atoms. The van der Waals surface area contributed by atoms with E-state index in [1.165, 1.54) is 22.0 Å². The first-order chi connectivity index (χ1) is 14.0. The second-order valence-corrected chi connectivity index (χ2v) is 7.47. The molecule has 11 nitrogen and oxygen atoms in total. The molecule has 12 heteroatoms. The molecule has 2 heterocycles. The van der Waals surface area contributed by atoms with Gasteiger partial charge < -0.3 is 10.6 Å². The Morgan fingerprint density at radius 1 is 1.20 bits per heavy atom. The second-order valence-electron chi connectivity index (χ2n) is 7.47. The summed E-state index contributed by atoms with van der Waals surface area (Å²) in [5, 5.41) is 20.8. The Hall–Kier alpha value is -2.51. The molecular weight excluding hydrogens is 505 g/mol. The molecule has 4 unspecified atom stereocenters. The zero-order valence-electron chi connectivity index (χ0n) is 16.4. The molecule has 2 fully saturated rings. The van der Waals surface area contributed by atoms with E-state index in [1.807, 2.05) is 0 Å². The van der Waals surface area contributed by atoms with Crippen molar-refractivity contribution < 1.29 is 14.5 Å². The third-order valence-electron chi connectivity index (χ3n) is 5.88. The molecule has 0 aromatic carbocycles. The second kappa shape index (κ2) is 9.10. The fourth-order valence-corrected chi connectivity index (χ4v) is 4.55. The fraction of sp³-hybridized carbons (Fsp3) is 0.556. The van der Waals surface area contributed by atoms with Gasteiger partial charge in [-0.15, -0.1) is 24.0 Å². The highest BCUT2D eigenvalue weighted by atomic mass is 127. The van der Waals surface area contributed by atoms with Gasteiger partial charge in [-0.3, -0.25) is 34.3 Å². The number of nitro groups is 1. The summed E-state index contributed by atoms with van der Waals surface area (Å²) < 4.78 is 1.47. The van der Waals surface area contributed by atoms with Gasteiger partial charge in [0.25, 0.3) is 0 Å². The smallest absolute Gasteiger partial charge is 0.306 e. The summed E-state index contributed by atoms with van der Waals surface area (Å²) in [7, 11) is 1.62. The molecule has 3 aliphatic rings. The van der Waals surface area contributed by atoms with Crippen LogP contribution in [0.2, 0.25) is 0 Å². The minimum atomic E-state index is -0.492. The first-order valence-corrected chi connectivity index (χ1v) is 9.64. The molecule has 1 aromatic heterocycles. The Labute approximate surface area is 190 Å². The summed E-state index contributed by atoms with van der Waals surface area (Å²) in [6.45, 7) is 1.58. The van der Waals surface area contributed by atoms with Crippen LogP contribution in [0.5, 0.6) is 0 Å². The van der Waals surface area contributed by atoms with Crippen LogP contribution in [0.3, 0.4) is 0 Å². The highest BCUT2D eigenvalue weighted by molar-refractivity contribution is 14.0. The zero-order chi connectivity index (χ0) is 20.5. The van der Waals surface area contributed by atoms with Crippen LogP contribution in [0, 0.1) is 33.8 Å². The number of aromatic nitrogens is 2. The number of amides is 2. The maximum absolute atomic E-state index is 12.7. The Balaban J connectivity index is 0.00000256. The largest absolute Gasteiger partial charge is 0.355 e. The van der Waals surface area contributed by atoms with Crippen LogP contribution in [-0.4, -0.2) is 64.1 Å². The van der Waals surface area contributed by atoms with Crippen LogP contribution < -0.4 is 10.6 Å². The lowest BCUT2D eigenvalue weighted by Crippen LogP contribution is -2.44. The number of carbonyl (C=O) groups is 2. The van der Waals surface area contributed by atoms with E-state index < -0.39 is 4.92 Å². The monoisotopic (exact) mass is 529 g/mol. The maximum Gasteiger partial charge on any atom is 0.306 e. The van der Waals surface area contributed by atoms with Crippen molar-refractivity contribution in [2.24, 2.45) is 28.7 Å². The van der Waals surface area contributed by atoms with Gasteiger partial charge in [0.2, 0.25) is 11.8 Å². The number of allylic oxidation sites excluding steroid dienone is 2. The van der Waals surface area contributed by atoms with Crippen molar-refractivity contribution >= 4 is 47.4 Å². The van der Waals surface area contributed by atoms with Crippen LogP contribution in [0.1, 0.15) is 6.42 Å². The summed E-state index contributed by atoms with van der Waals surface area (Å²) in [5.41, 5.74) is -0.0548. The van der Waals surface area contributed by atoms with Crippen molar-refractivity contribution in [1.29, 1.82) is 0 Å². The molecule has 2 N–H and O–H groups in total. The van der Waals surface area contributed by atoms with Gasteiger partial charge in [0, 0.05) is 26.7 Å². The molecule has 2 bridgehead atoms. The minimum Gasteiger partial charge on any atom is -0.355 e. The summed E-state index contributed by atoms with van der Waals surface area (Å²) in [6.07, 6.45) is 7.65. The number of likely N-dealkylation sites (tertiary alicyclic amines) is 1. The predicted octanol–water partition coefficient (Wildman–Crippen LogP) is 0.381. The number of rotatable bonds is 7. The highest BCUT2D eigenvalue weighted by Crippen LogP contribution is 2.52. The Morgan fingerprint density at radius 3 is 2.33 bits per heavy atom. The van der Waals surface area contributed by atoms with Gasteiger partial charge in [-0.05, 0) is 18.3 Å². The van der Waals surface area contributed by atoms with E-state index >= 15 is 0 Å². The molecule has 162 valence electrons. The minimum absolute atomic E-state index is 0. The first kappa shape index (κ1) is 22.2. The van der Waals surface area contributed by atoms with Crippen LogP contribution in [-0.2, 0) is 16.1 Å². The van der Waals surface area contributed by atoms with E-state index in [0.717, 1.165) is 6.42 Å². The topological polar surface area (TPSA) is 135 Å². The van der Waals surface area contributed by atoms with E-state index in [0.29, 0.717) is 32.1 Å². The third kappa shape index (κ3) is 4.04. The molecule has 0 radical (unpaired) electrons. The lowest BCUT2D eigenvalue weighted by Gasteiger charge is -2.18. The molecule has 4 rings (SSSR count). The molecular formula is C18H24IN7O4. The molecule has 1 aliphatic heterocycles. The zero-order valence-corrected chi connectivity index (χ0v) is 18.8. The standard InChI is InChI=1S/C18H23N7O4.HI/c1-19-18(20-4-6-23-10-13(9-22-23)25(28)29)21-5-7-24-16(26)14-11-2-3-12(8-11)15(14)17(24)27;/h2-3,9-12,14-15H,4-8H2,1H3,(H2,19,20,21);1H. The molecule has 0 spiro atoms. The van der Waals surface area contributed by atoms with Crippen LogP contribution in [0.25, 0.3) is 0 Å². The van der Waals surface area contributed by atoms with Gasteiger partial charge in [0.15, 0.2) is 5.96 Å². The summed E-state index contributed by atoms with van der Waals surface area (Å²) in [4.78, 5) is 41.0. The average molecular weight is 529 g/mol. The Bertz CT molecular complexity index is 869. The molecule has 4 atom stereocenters. The first-order valence-electron chi connectivity index (χ1n) is 9.64. The number of hydrogen-bond donors (Lipinski definition) is 2. The van der Waals surface area contributed by atoms with Gasteiger partial charge in [0.1, 0.15) is 12.4 Å².